The number of H-pyrrole nitrogens is 1. The van der Waals surface area contributed by atoms with Gasteiger partial charge in [0.25, 0.3) is 0 Å². The number of benzene rings is 1. The summed E-state index contributed by atoms with van der Waals surface area (Å²) in [6.45, 7) is 4.29. The third-order valence-corrected chi connectivity index (χ3v) is 3.67. The van der Waals surface area contributed by atoms with Gasteiger partial charge in [0.1, 0.15) is 12.4 Å². The summed E-state index contributed by atoms with van der Waals surface area (Å²) < 4.78 is 5.89. The molecule has 0 radical (unpaired) electrons. The zero-order valence-electron chi connectivity index (χ0n) is 10.7. The van der Waals surface area contributed by atoms with E-state index in [-0.39, 0.29) is 0 Å². The SMILES string of the molecule is c1ccc2c(OCCN3CCCCC3)c[nH]c2c1. The van der Waals surface area contributed by atoms with Gasteiger partial charge in [-0.1, -0.05) is 18.6 Å². The maximum atomic E-state index is 5.89. The fraction of sp³-hybridized carbons (Fsp3) is 0.467. The van der Waals surface area contributed by atoms with Crippen LogP contribution in [0, 0.1) is 0 Å². The number of hydrogen-bond donors (Lipinski definition) is 1. The largest absolute Gasteiger partial charge is 0.490 e. The first kappa shape index (κ1) is 11.6. The first-order valence-electron chi connectivity index (χ1n) is 6.85. The molecule has 0 spiro atoms. The van der Waals surface area contributed by atoms with Gasteiger partial charge in [0.15, 0.2) is 0 Å². The van der Waals surface area contributed by atoms with E-state index in [9.17, 15) is 0 Å². The van der Waals surface area contributed by atoms with E-state index in [4.69, 9.17) is 4.74 Å². The number of likely N-dealkylation sites (tertiary alicyclic amines) is 1. The Morgan fingerprint density at radius 1 is 1.11 bits per heavy atom. The molecule has 1 N–H and O–H groups in total. The molecular weight excluding hydrogens is 224 g/mol. The summed E-state index contributed by atoms with van der Waals surface area (Å²) in [7, 11) is 0. The average Bonchev–Trinajstić information content (AvgIpc) is 2.84. The molecule has 0 aliphatic carbocycles. The summed E-state index contributed by atoms with van der Waals surface area (Å²) in [6, 6.07) is 8.26. The molecule has 0 saturated carbocycles. The van der Waals surface area contributed by atoms with Gasteiger partial charge in [-0.15, -0.1) is 0 Å². The molecule has 2 aromatic rings. The minimum atomic E-state index is 0.780. The summed E-state index contributed by atoms with van der Waals surface area (Å²) in [6.07, 6.45) is 6.03. The van der Waals surface area contributed by atoms with E-state index in [1.165, 1.54) is 37.7 Å². The molecule has 1 aromatic carbocycles. The molecule has 1 aromatic heterocycles. The molecule has 0 unspecified atom stereocenters. The van der Waals surface area contributed by atoms with Crippen molar-refractivity contribution in [3.8, 4) is 5.75 Å². The van der Waals surface area contributed by atoms with Crippen molar-refractivity contribution in [1.82, 2.24) is 9.88 Å². The second-order valence-electron chi connectivity index (χ2n) is 4.95. The Morgan fingerprint density at radius 3 is 2.83 bits per heavy atom. The predicted octanol–water partition coefficient (Wildman–Crippen LogP) is 3.03. The molecule has 1 aliphatic rings. The first-order chi connectivity index (χ1) is 8.93. The van der Waals surface area contributed by atoms with Crippen LogP contribution in [-0.4, -0.2) is 36.1 Å². The summed E-state index contributed by atoms with van der Waals surface area (Å²) in [5.74, 6) is 0.975. The van der Waals surface area contributed by atoms with Crippen LogP contribution in [0.5, 0.6) is 5.75 Å². The maximum Gasteiger partial charge on any atom is 0.144 e. The lowest BCUT2D eigenvalue weighted by molar-refractivity contribution is 0.184. The summed E-state index contributed by atoms with van der Waals surface area (Å²) in [4.78, 5) is 5.74. The van der Waals surface area contributed by atoms with Crippen molar-refractivity contribution in [2.45, 2.75) is 19.3 Å². The highest BCUT2D eigenvalue weighted by Gasteiger charge is 2.10. The summed E-state index contributed by atoms with van der Waals surface area (Å²) >= 11 is 0. The van der Waals surface area contributed by atoms with Gasteiger partial charge in [-0.3, -0.25) is 4.90 Å². The van der Waals surface area contributed by atoms with Crippen LogP contribution in [0.4, 0.5) is 0 Å². The average molecular weight is 244 g/mol. The van der Waals surface area contributed by atoms with Crippen LogP contribution in [0.25, 0.3) is 10.9 Å². The van der Waals surface area contributed by atoms with Gasteiger partial charge in [0, 0.05) is 23.6 Å². The zero-order chi connectivity index (χ0) is 12.2. The van der Waals surface area contributed by atoms with E-state index in [1.54, 1.807) is 0 Å². The highest BCUT2D eigenvalue weighted by Crippen LogP contribution is 2.24. The van der Waals surface area contributed by atoms with Crippen LogP contribution in [0.1, 0.15) is 19.3 Å². The van der Waals surface area contributed by atoms with Gasteiger partial charge < -0.3 is 9.72 Å². The molecule has 0 bridgehead atoms. The van der Waals surface area contributed by atoms with Crippen molar-refractivity contribution in [3.05, 3.63) is 30.5 Å². The Labute approximate surface area is 108 Å². The lowest BCUT2D eigenvalue weighted by Crippen LogP contribution is -2.33. The number of aromatic nitrogens is 1. The van der Waals surface area contributed by atoms with E-state index >= 15 is 0 Å². The van der Waals surface area contributed by atoms with Gasteiger partial charge in [-0.05, 0) is 38.1 Å². The van der Waals surface area contributed by atoms with Gasteiger partial charge in [-0.2, -0.15) is 0 Å². The quantitative estimate of drug-likeness (QED) is 0.895. The molecule has 1 saturated heterocycles. The Bertz CT molecular complexity index is 500. The monoisotopic (exact) mass is 244 g/mol. The van der Waals surface area contributed by atoms with E-state index < -0.39 is 0 Å². The van der Waals surface area contributed by atoms with Gasteiger partial charge in [0.2, 0.25) is 0 Å². The maximum absolute atomic E-state index is 5.89. The molecular formula is C15H20N2O. The molecule has 1 aliphatic heterocycles. The lowest BCUT2D eigenvalue weighted by Gasteiger charge is -2.26. The molecule has 96 valence electrons. The van der Waals surface area contributed by atoms with Crippen LogP contribution in [0.3, 0.4) is 0 Å². The Hall–Kier alpha value is -1.48. The second kappa shape index (κ2) is 5.44. The van der Waals surface area contributed by atoms with E-state index in [2.05, 4.69) is 22.0 Å². The number of piperidine rings is 1. The van der Waals surface area contributed by atoms with Gasteiger partial charge in [0.05, 0.1) is 0 Å². The standard InChI is InChI=1S/C15H20N2O/c1-4-8-17(9-5-1)10-11-18-15-12-16-14-7-3-2-6-13(14)15/h2-3,6-7,12,16H,1,4-5,8-11H2. The molecule has 2 heterocycles. The third kappa shape index (κ3) is 2.51. The van der Waals surface area contributed by atoms with Crippen molar-refractivity contribution in [2.75, 3.05) is 26.2 Å². The zero-order valence-corrected chi connectivity index (χ0v) is 10.7. The Balaban J connectivity index is 1.56. The Kier molecular flexibility index (Phi) is 3.51. The van der Waals surface area contributed by atoms with Crippen LogP contribution in [0.15, 0.2) is 30.5 Å². The molecule has 18 heavy (non-hydrogen) atoms. The van der Waals surface area contributed by atoms with Crippen molar-refractivity contribution >= 4 is 10.9 Å². The van der Waals surface area contributed by atoms with Gasteiger partial charge in [-0.25, -0.2) is 0 Å². The van der Waals surface area contributed by atoms with Gasteiger partial charge >= 0.3 is 0 Å². The number of aromatic amines is 1. The fourth-order valence-corrected chi connectivity index (χ4v) is 2.63. The molecule has 3 heteroatoms. The highest BCUT2D eigenvalue weighted by molar-refractivity contribution is 5.85. The van der Waals surface area contributed by atoms with Crippen LogP contribution in [-0.2, 0) is 0 Å². The van der Waals surface area contributed by atoms with E-state index in [0.717, 1.165) is 24.4 Å². The molecule has 1 fully saturated rings. The predicted molar refractivity (Wildman–Crippen MR) is 74.1 cm³/mol. The van der Waals surface area contributed by atoms with Crippen molar-refractivity contribution in [3.63, 3.8) is 0 Å². The fourth-order valence-electron chi connectivity index (χ4n) is 2.63. The van der Waals surface area contributed by atoms with E-state index in [1.807, 2.05) is 18.3 Å². The van der Waals surface area contributed by atoms with Crippen molar-refractivity contribution in [2.24, 2.45) is 0 Å². The summed E-state index contributed by atoms with van der Waals surface area (Å²) in [5, 5.41) is 1.18. The smallest absolute Gasteiger partial charge is 0.144 e. The minimum absolute atomic E-state index is 0.780. The molecule has 0 atom stereocenters. The number of para-hydroxylation sites is 1. The first-order valence-corrected chi connectivity index (χ1v) is 6.85. The lowest BCUT2D eigenvalue weighted by atomic mass is 10.1. The number of fused-ring (bicyclic) bond motifs is 1. The number of nitrogens with zero attached hydrogens (tertiary/aromatic N) is 1. The molecule has 3 nitrogen and oxygen atoms in total. The number of nitrogens with one attached hydrogen (secondary N) is 1. The molecule has 0 amide bonds. The summed E-state index contributed by atoms with van der Waals surface area (Å²) in [5.41, 5.74) is 1.14. The number of ether oxygens (including phenoxy) is 1. The topological polar surface area (TPSA) is 28.3 Å². The normalized spacial score (nSPS) is 17.1. The second-order valence-corrected chi connectivity index (χ2v) is 4.95. The third-order valence-electron chi connectivity index (χ3n) is 3.67. The van der Waals surface area contributed by atoms with Crippen LogP contribution < -0.4 is 4.74 Å². The van der Waals surface area contributed by atoms with Crippen molar-refractivity contribution < 1.29 is 4.74 Å². The Morgan fingerprint density at radius 2 is 1.94 bits per heavy atom. The van der Waals surface area contributed by atoms with Crippen LogP contribution in [0.2, 0.25) is 0 Å². The van der Waals surface area contributed by atoms with Crippen molar-refractivity contribution in [1.29, 1.82) is 0 Å². The van der Waals surface area contributed by atoms with E-state index in [0.29, 0.717) is 0 Å². The highest BCUT2D eigenvalue weighted by atomic mass is 16.5. The van der Waals surface area contributed by atoms with Crippen LogP contribution >= 0.6 is 0 Å². The minimum Gasteiger partial charge on any atom is -0.490 e. The molecule has 3 rings (SSSR count). The number of hydrogen-bond acceptors (Lipinski definition) is 2. The number of rotatable bonds is 4.